The van der Waals surface area contributed by atoms with Gasteiger partial charge in [0.05, 0.1) is 5.02 Å². The Kier molecular flexibility index (Phi) is 4.34. The van der Waals surface area contributed by atoms with Crippen LogP contribution in [-0.4, -0.2) is 47.3 Å². The molecule has 0 radical (unpaired) electrons. The molecular weight excluding hydrogens is 307 g/mol. The molecule has 0 spiro atoms. The molecule has 1 saturated heterocycles. The van der Waals surface area contributed by atoms with E-state index in [0.717, 1.165) is 18.9 Å². The highest BCUT2D eigenvalue weighted by molar-refractivity contribution is 6.30. The van der Waals surface area contributed by atoms with E-state index in [2.05, 4.69) is 0 Å². The molecule has 118 valence electrons. The van der Waals surface area contributed by atoms with E-state index in [1.165, 1.54) is 29.9 Å². The first-order valence-electron chi connectivity index (χ1n) is 7.60. The summed E-state index contributed by atoms with van der Waals surface area (Å²) in [5, 5.41) is -0.0151. The van der Waals surface area contributed by atoms with Crippen molar-refractivity contribution in [3.05, 3.63) is 34.6 Å². The molecule has 1 aliphatic heterocycles. The van der Waals surface area contributed by atoms with E-state index in [1.54, 1.807) is 0 Å². The Morgan fingerprint density at radius 2 is 1.95 bits per heavy atom. The zero-order chi connectivity index (χ0) is 15.7. The third-order valence-corrected chi connectivity index (χ3v) is 4.78. The van der Waals surface area contributed by atoms with E-state index in [0.29, 0.717) is 19.1 Å². The van der Waals surface area contributed by atoms with Gasteiger partial charge in [0.1, 0.15) is 12.4 Å². The number of carbonyl (C=O) groups is 2. The largest absolute Gasteiger partial charge is 0.336 e. The number of hydrogen-bond acceptors (Lipinski definition) is 2. The lowest BCUT2D eigenvalue weighted by Crippen LogP contribution is -2.54. The van der Waals surface area contributed by atoms with Crippen LogP contribution >= 0.6 is 11.6 Å². The third-order valence-electron chi connectivity index (χ3n) is 4.48. The average Bonchev–Trinajstić information content (AvgIpc) is 3.03. The van der Waals surface area contributed by atoms with Gasteiger partial charge in [-0.3, -0.25) is 9.59 Å². The molecule has 2 aliphatic rings. The lowest BCUT2D eigenvalue weighted by molar-refractivity contribution is -0.137. The van der Waals surface area contributed by atoms with E-state index in [1.807, 2.05) is 4.90 Å². The van der Waals surface area contributed by atoms with Gasteiger partial charge in [-0.25, -0.2) is 4.39 Å². The zero-order valence-electron chi connectivity index (χ0n) is 12.2. The maximum absolute atomic E-state index is 13.5. The summed E-state index contributed by atoms with van der Waals surface area (Å²) < 4.78 is 13.5. The van der Waals surface area contributed by atoms with E-state index in [4.69, 9.17) is 11.6 Å². The number of hydrogen-bond donors (Lipinski definition) is 0. The lowest BCUT2D eigenvalue weighted by Gasteiger charge is -2.37. The van der Waals surface area contributed by atoms with Crippen LogP contribution in [0.1, 0.15) is 36.0 Å². The van der Waals surface area contributed by atoms with Gasteiger partial charge >= 0.3 is 0 Å². The third kappa shape index (κ3) is 2.95. The van der Waals surface area contributed by atoms with Crippen LogP contribution in [0, 0.1) is 5.82 Å². The summed E-state index contributed by atoms with van der Waals surface area (Å²) in [6.07, 6.45) is 4.45. The zero-order valence-corrected chi connectivity index (χ0v) is 13.0. The molecule has 4 nitrogen and oxygen atoms in total. The van der Waals surface area contributed by atoms with Crippen molar-refractivity contribution < 1.29 is 14.0 Å². The number of nitrogens with zero attached hydrogens (tertiary/aromatic N) is 2. The van der Waals surface area contributed by atoms with Crippen LogP contribution in [0.15, 0.2) is 18.2 Å². The van der Waals surface area contributed by atoms with Gasteiger partial charge in [-0.15, -0.1) is 0 Å². The van der Waals surface area contributed by atoms with E-state index < -0.39 is 5.82 Å². The second kappa shape index (κ2) is 6.24. The van der Waals surface area contributed by atoms with E-state index in [9.17, 15) is 14.0 Å². The predicted molar refractivity (Wildman–Crippen MR) is 81.3 cm³/mol. The Balaban J connectivity index is 1.67. The summed E-state index contributed by atoms with van der Waals surface area (Å²) in [7, 11) is 0. The van der Waals surface area contributed by atoms with Crippen molar-refractivity contribution in [3.8, 4) is 0 Å². The highest BCUT2D eigenvalue weighted by Gasteiger charge is 2.33. The minimum absolute atomic E-state index is 0.0130. The maximum atomic E-state index is 13.5. The summed E-state index contributed by atoms with van der Waals surface area (Å²) in [6.45, 7) is 1.12. The second-order valence-electron chi connectivity index (χ2n) is 5.88. The van der Waals surface area contributed by atoms with E-state index >= 15 is 0 Å². The molecular formula is C16H18ClFN2O2. The summed E-state index contributed by atoms with van der Waals surface area (Å²) >= 11 is 5.63. The molecule has 6 heteroatoms. The molecule has 0 atom stereocenters. The number of rotatable bonds is 2. The Morgan fingerprint density at radius 1 is 1.23 bits per heavy atom. The Bertz CT molecular complexity index is 602. The number of benzene rings is 1. The topological polar surface area (TPSA) is 40.6 Å². The number of halogens is 2. The van der Waals surface area contributed by atoms with Crippen LogP contribution in [0.5, 0.6) is 0 Å². The van der Waals surface area contributed by atoms with Crippen molar-refractivity contribution in [1.82, 2.24) is 9.80 Å². The Morgan fingerprint density at radius 3 is 2.59 bits per heavy atom. The molecule has 2 fully saturated rings. The van der Waals surface area contributed by atoms with Crippen molar-refractivity contribution in [3.63, 3.8) is 0 Å². The summed E-state index contributed by atoms with van der Waals surface area (Å²) in [4.78, 5) is 28.1. The van der Waals surface area contributed by atoms with Gasteiger partial charge in [-0.05, 0) is 31.0 Å². The van der Waals surface area contributed by atoms with E-state index in [-0.39, 0.29) is 28.9 Å². The molecule has 0 unspecified atom stereocenters. The van der Waals surface area contributed by atoms with Crippen LogP contribution in [0.25, 0.3) is 0 Å². The van der Waals surface area contributed by atoms with Crippen molar-refractivity contribution in [1.29, 1.82) is 0 Å². The summed E-state index contributed by atoms with van der Waals surface area (Å²) in [5.74, 6) is -0.959. The molecule has 1 heterocycles. The number of carbonyl (C=O) groups excluding carboxylic acids is 2. The SMILES string of the molecule is O=C(c1ccc(Cl)c(F)c1)N1CCN(C2CCCC2)C(=O)C1. The van der Waals surface area contributed by atoms with Crippen LogP contribution in [-0.2, 0) is 4.79 Å². The lowest BCUT2D eigenvalue weighted by atomic mass is 10.1. The number of amides is 2. The fourth-order valence-electron chi connectivity index (χ4n) is 3.27. The molecule has 1 aromatic carbocycles. The molecule has 1 aromatic rings. The minimum atomic E-state index is -0.622. The van der Waals surface area contributed by atoms with Gasteiger partial charge in [0.25, 0.3) is 5.91 Å². The van der Waals surface area contributed by atoms with Gasteiger partial charge in [-0.2, -0.15) is 0 Å². The first-order valence-corrected chi connectivity index (χ1v) is 7.98. The Hall–Kier alpha value is -1.62. The summed E-state index contributed by atoms with van der Waals surface area (Å²) in [5.41, 5.74) is 0.226. The fraction of sp³-hybridized carbons (Fsp3) is 0.500. The van der Waals surface area contributed by atoms with Crippen molar-refractivity contribution in [2.45, 2.75) is 31.7 Å². The first kappa shape index (κ1) is 15.3. The molecule has 1 aliphatic carbocycles. The molecule has 2 amide bonds. The van der Waals surface area contributed by atoms with Gasteiger partial charge in [-0.1, -0.05) is 24.4 Å². The van der Waals surface area contributed by atoms with Crippen LogP contribution in [0.3, 0.4) is 0 Å². The molecule has 0 bridgehead atoms. The maximum Gasteiger partial charge on any atom is 0.254 e. The normalized spacial score (nSPS) is 19.8. The predicted octanol–water partition coefficient (Wildman–Crippen LogP) is 2.71. The van der Waals surface area contributed by atoms with Crippen molar-refractivity contribution >= 4 is 23.4 Å². The van der Waals surface area contributed by atoms with Crippen LogP contribution < -0.4 is 0 Å². The molecule has 22 heavy (non-hydrogen) atoms. The monoisotopic (exact) mass is 324 g/mol. The Labute approximate surface area is 133 Å². The smallest absolute Gasteiger partial charge is 0.254 e. The van der Waals surface area contributed by atoms with Crippen LogP contribution in [0.2, 0.25) is 5.02 Å². The standard InChI is InChI=1S/C16H18ClFN2O2/c17-13-6-5-11(9-14(13)18)16(22)19-7-8-20(15(21)10-19)12-3-1-2-4-12/h5-6,9,12H,1-4,7-8,10H2. The summed E-state index contributed by atoms with van der Waals surface area (Å²) in [6, 6.07) is 4.30. The molecule has 1 saturated carbocycles. The highest BCUT2D eigenvalue weighted by atomic mass is 35.5. The fourth-order valence-corrected chi connectivity index (χ4v) is 3.39. The van der Waals surface area contributed by atoms with Crippen LogP contribution in [0.4, 0.5) is 4.39 Å². The van der Waals surface area contributed by atoms with Crippen molar-refractivity contribution in [2.24, 2.45) is 0 Å². The number of piperazine rings is 1. The average molecular weight is 325 g/mol. The first-order chi connectivity index (χ1) is 10.6. The molecule has 3 rings (SSSR count). The van der Waals surface area contributed by atoms with Gasteiger partial charge in [0.2, 0.25) is 5.91 Å². The quantitative estimate of drug-likeness (QED) is 0.839. The highest BCUT2D eigenvalue weighted by Crippen LogP contribution is 2.25. The van der Waals surface area contributed by atoms with Gasteiger partial charge in [0, 0.05) is 24.7 Å². The molecule has 0 N–H and O–H groups in total. The van der Waals surface area contributed by atoms with Gasteiger partial charge in [0.15, 0.2) is 0 Å². The van der Waals surface area contributed by atoms with Gasteiger partial charge < -0.3 is 9.80 Å². The molecule has 0 aromatic heterocycles. The second-order valence-corrected chi connectivity index (χ2v) is 6.29. The minimum Gasteiger partial charge on any atom is -0.336 e. The van der Waals surface area contributed by atoms with Crippen molar-refractivity contribution in [2.75, 3.05) is 19.6 Å².